The maximum absolute atomic E-state index is 12.7. The molecule has 0 unspecified atom stereocenters. The monoisotopic (exact) mass is 434 g/mol. The fourth-order valence-corrected chi connectivity index (χ4v) is 3.74. The number of benzene rings is 3. The Kier molecular flexibility index (Phi) is 6.11. The molecule has 0 saturated carbocycles. The van der Waals surface area contributed by atoms with E-state index in [9.17, 15) is 4.79 Å². The second kappa shape index (κ2) is 9.11. The van der Waals surface area contributed by atoms with Crippen molar-refractivity contribution >= 4 is 34.4 Å². The first kappa shape index (κ1) is 20.8. The Bertz CT molecular complexity index is 1220. The molecule has 0 saturated heterocycles. The highest BCUT2D eigenvalue weighted by Crippen LogP contribution is 2.30. The Balaban J connectivity index is 1.57. The van der Waals surface area contributed by atoms with Crippen molar-refractivity contribution in [1.82, 2.24) is 10.2 Å². The first-order valence-corrected chi connectivity index (χ1v) is 10.4. The van der Waals surface area contributed by atoms with Gasteiger partial charge in [-0.2, -0.15) is 5.10 Å². The van der Waals surface area contributed by atoms with Crippen molar-refractivity contribution in [2.75, 3.05) is 19.5 Å². The summed E-state index contributed by atoms with van der Waals surface area (Å²) in [5.41, 5.74) is 4.14. The Morgan fingerprint density at radius 3 is 2.55 bits per heavy atom. The topological polar surface area (TPSA) is 102 Å². The smallest absolute Gasteiger partial charge is 0.228 e. The molecule has 1 amide bonds. The number of nitrogens with one attached hydrogen (secondary N) is 2. The van der Waals surface area contributed by atoms with E-state index in [1.807, 2.05) is 54.6 Å². The summed E-state index contributed by atoms with van der Waals surface area (Å²) < 4.78 is 10.6. The van der Waals surface area contributed by atoms with Crippen LogP contribution in [0.25, 0.3) is 22.2 Å². The largest absolute Gasteiger partial charge is 0.497 e. The van der Waals surface area contributed by atoms with Crippen LogP contribution in [0.5, 0.6) is 11.5 Å². The Morgan fingerprint density at radius 1 is 1.06 bits per heavy atom. The summed E-state index contributed by atoms with van der Waals surface area (Å²) >= 11 is 1.19. The lowest BCUT2D eigenvalue weighted by Crippen LogP contribution is -2.14. The SMILES string of the molecule is COc1cc(CC(=O)Nc2ccc3[nH]nc(-c4cccc(SN)c4)c3c2)cc(OC)c1. The molecule has 0 bridgehead atoms. The van der Waals surface area contributed by atoms with E-state index in [1.54, 1.807) is 20.3 Å². The predicted molar refractivity (Wildman–Crippen MR) is 123 cm³/mol. The third-order valence-electron chi connectivity index (χ3n) is 4.87. The summed E-state index contributed by atoms with van der Waals surface area (Å²) in [7, 11) is 3.16. The van der Waals surface area contributed by atoms with Crippen LogP contribution in [0.3, 0.4) is 0 Å². The van der Waals surface area contributed by atoms with E-state index in [2.05, 4.69) is 15.5 Å². The van der Waals surface area contributed by atoms with Gasteiger partial charge in [-0.1, -0.05) is 12.1 Å². The van der Waals surface area contributed by atoms with Gasteiger partial charge in [-0.15, -0.1) is 0 Å². The molecule has 158 valence electrons. The maximum atomic E-state index is 12.7. The second-order valence-corrected chi connectivity index (χ2v) is 7.63. The molecule has 8 heteroatoms. The summed E-state index contributed by atoms with van der Waals surface area (Å²) in [4.78, 5) is 13.6. The third-order valence-corrected chi connectivity index (χ3v) is 5.39. The zero-order chi connectivity index (χ0) is 21.8. The molecule has 1 aromatic heterocycles. The van der Waals surface area contributed by atoms with Crippen LogP contribution in [0, 0.1) is 0 Å². The van der Waals surface area contributed by atoms with E-state index >= 15 is 0 Å². The van der Waals surface area contributed by atoms with Crippen LogP contribution in [0.2, 0.25) is 0 Å². The van der Waals surface area contributed by atoms with Gasteiger partial charge in [-0.3, -0.25) is 15.0 Å². The van der Waals surface area contributed by atoms with Gasteiger partial charge >= 0.3 is 0 Å². The normalized spacial score (nSPS) is 10.8. The number of rotatable bonds is 7. The molecule has 0 aliphatic heterocycles. The summed E-state index contributed by atoms with van der Waals surface area (Å²) in [6, 6.07) is 18.9. The summed E-state index contributed by atoms with van der Waals surface area (Å²) in [6.07, 6.45) is 0.194. The van der Waals surface area contributed by atoms with Crippen LogP contribution in [0.1, 0.15) is 5.56 Å². The third kappa shape index (κ3) is 4.65. The minimum absolute atomic E-state index is 0.138. The molecule has 0 aliphatic carbocycles. The second-order valence-electron chi connectivity index (χ2n) is 6.92. The summed E-state index contributed by atoms with van der Waals surface area (Å²) in [5, 5.41) is 17.1. The molecule has 3 aromatic carbocycles. The molecule has 7 nitrogen and oxygen atoms in total. The van der Waals surface area contributed by atoms with E-state index in [1.165, 1.54) is 11.9 Å². The molecule has 31 heavy (non-hydrogen) atoms. The number of carbonyl (C=O) groups is 1. The number of nitrogens with two attached hydrogens (primary N) is 1. The summed E-state index contributed by atoms with van der Waals surface area (Å²) in [5.74, 6) is 1.15. The molecule has 1 heterocycles. The van der Waals surface area contributed by atoms with E-state index in [0.29, 0.717) is 17.2 Å². The van der Waals surface area contributed by atoms with E-state index < -0.39 is 0 Å². The van der Waals surface area contributed by atoms with Crippen molar-refractivity contribution in [3.63, 3.8) is 0 Å². The highest BCUT2D eigenvalue weighted by molar-refractivity contribution is 7.97. The number of aromatic amines is 1. The number of fused-ring (bicyclic) bond motifs is 1. The van der Waals surface area contributed by atoms with Gasteiger partial charge in [-0.25, -0.2) is 0 Å². The number of anilines is 1. The molecule has 0 spiro atoms. The number of carbonyl (C=O) groups excluding carboxylic acids is 1. The maximum Gasteiger partial charge on any atom is 0.228 e. The van der Waals surface area contributed by atoms with Crippen LogP contribution in [0.15, 0.2) is 65.6 Å². The van der Waals surface area contributed by atoms with Crippen molar-refractivity contribution in [3.05, 3.63) is 66.2 Å². The fourth-order valence-electron chi connectivity index (χ4n) is 3.39. The zero-order valence-corrected chi connectivity index (χ0v) is 18.0. The lowest BCUT2D eigenvalue weighted by atomic mass is 10.1. The zero-order valence-electron chi connectivity index (χ0n) is 17.1. The van der Waals surface area contributed by atoms with Crippen LogP contribution < -0.4 is 19.9 Å². The van der Waals surface area contributed by atoms with Gasteiger partial charge in [0.2, 0.25) is 5.91 Å². The number of amides is 1. The molecule has 4 rings (SSSR count). The van der Waals surface area contributed by atoms with Crippen molar-refractivity contribution in [1.29, 1.82) is 0 Å². The number of hydrogen-bond acceptors (Lipinski definition) is 6. The van der Waals surface area contributed by atoms with Gasteiger partial charge in [0.15, 0.2) is 0 Å². The van der Waals surface area contributed by atoms with E-state index in [4.69, 9.17) is 14.6 Å². The highest BCUT2D eigenvalue weighted by Gasteiger charge is 2.12. The molecule has 0 aliphatic rings. The lowest BCUT2D eigenvalue weighted by molar-refractivity contribution is -0.115. The van der Waals surface area contributed by atoms with Crippen molar-refractivity contribution < 1.29 is 14.3 Å². The van der Waals surface area contributed by atoms with Gasteiger partial charge in [0, 0.05) is 27.6 Å². The van der Waals surface area contributed by atoms with Crippen LogP contribution in [0.4, 0.5) is 5.69 Å². The van der Waals surface area contributed by atoms with E-state index in [-0.39, 0.29) is 12.3 Å². The minimum atomic E-state index is -0.138. The predicted octanol–water partition coefficient (Wildman–Crippen LogP) is 4.39. The molecule has 0 fully saturated rings. The Hall–Kier alpha value is -3.49. The number of nitrogens with zero attached hydrogens (tertiary/aromatic N) is 1. The summed E-state index contributed by atoms with van der Waals surface area (Å²) in [6.45, 7) is 0. The van der Waals surface area contributed by atoms with Crippen LogP contribution >= 0.6 is 11.9 Å². The van der Waals surface area contributed by atoms with Gasteiger partial charge < -0.3 is 14.8 Å². The van der Waals surface area contributed by atoms with Gasteiger partial charge in [0.05, 0.1) is 26.2 Å². The quantitative estimate of drug-likeness (QED) is 0.373. The molecule has 0 atom stereocenters. The van der Waals surface area contributed by atoms with Crippen LogP contribution in [-0.2, 0) is 11.2 Å². The van der Waals surface area contributed by atoms with Gasteiger partial charge in [0.1, 0.15) is 17.2 Å². The standard InChI is InChI=1S/C23H22N4O3S/c1-29-17-8-14(9-18(13-17)30-2)10-22(28)25-16-6-7-21-20(12-16)23(27-26-21)15-4-3-5-19(11-15)31-24/h3-9,11-13H,10,24H2,1-2H3,(H,25,28)(H,26,27). The fraction of sp³-hybridized carbons (Fsp3) is 0.130. The average Bonchev–Trinajstić information content (AvgIpc) is 3.22. The van der Waals surface area contributed by atoms with Gasteiger partial charge in [0.25, 0.3) is 0 Å². The lowest BCUT2D eigenvalue weighted by Gasteiger charge is -2.09. The number of H-pyrrole nitrogens is 1. The highest BCUT2D eigenvalue weighted by atomic mass is 32.2. The number of ether oxygens (including phenoxy) is 2. The first-order chi connectivity index (χ1) is 15.1. The Morgan fingerprint density at radius 2 is 1.84 bits per heavy atom. The van der Waals surface area contributed by atoms with Crippen molar-refractivity contribution in [3.8, 4) is 22.8 Å². The number of aromatic nitrogens is 2. The number of methoxy groups -OCH3 is 2. The van der Waals surface area contributed by atoms with Crippen LogP contribution in [-0.4, -0.2) is 30.3 Å². The van der Waals surface area contributed by atoms with Gasteiger partial charge in [-0.05, 0) is 60.0 Å². The van der Waals surface area contributed by atoms with E-state index in [0.717, 1.165) is 32.6 Å². The first-order valence-electron chi connectivity index (χ1n) is 9.56. The molecular weight excluding hydrogens is 412 g/mol. The van der Waals surface area contributed by atoms with Crippen molar-refractivity contribution in [2.24, 2.45) is 5.14 Å². The molecule has 4 aromatic rings. The average molecular weight is 435 g/mol. The molecular formula is C23H22N4O3S. The van der Waals surface area contributed by atoms with Crippen molar-refractivity contribution in [2.45, 2.75) is 11.3 Å². The molecule has 4 N–H and O–H groups in total. The number of hydrogen-bond donors (Lipinski definition) is 3. The Labute approximate surface area is 184 Å². The minimum Gasteiger partial charge on any atom is -0.497 e. The molecule has 0 radical (unpaired) electrons.